The Labute approximate surface area is 127 Å². The van der Waals surface area contributed by atoms with Crippen molar-refractivity contribution in [2.24, 2.45) is 0 Å². The molecular formula is C16H14ClN3O. The monoisotopic (exact) mass is 299 g/mol. The van der Waals surface area contributed by atoms with Gasteiger partial charge in [0.15, 0.2) is 0 Å². The van der Waals surface area contributed by atoms with Crippen LogP contribution in [-0.4, -0.2) is 15.3 Å². The van der Waals surface area contributed by atoms with E-state index in [1.807, 2.05) is 31.3 Å². The molecule has 0 unspecified atom stereocenters. The van der Waals surface area contributed by atoms with Crippen molar-refractivity contribution in [3.63, 3.8) is 0 Å². The van der Waals surface area contributed by atoms with Gasteiger partial charge in [-0.3, -0.25) is 9.20 Å². The molecule has 1 amide bonds. The largest absolute Gasteiger partial charge is 0.321 e. The third-order valence-corrected chi connectivity index (χ3v) is 3.47. The first-order valence-corrected chi connectivity index (χ1v) is 7.09. The number of hydrogen-bond donors (Lipinski definition) is 1. The molecule has 0 aliphatic rings. The average Bonchev–Trinajstić information content (AvgIpc) is 2.85. The van der Waals surface area contributed by atoms with Crippen LogP contribution in [0.5, 0.6) is 0 Å². The molecule has 106 valence electrons. The molecule has 0 bridgehead atoms. The van der Waals surface area contributed by atoms with Crippen molar-refractivity contribution in [3.05, 3.63) is 65.1 Å². The fourth-order valence-corrected chi connectivity index (χ4v) is 2.48. The quantitative estimate of drug-likeness (QED) is 0.799. The van der Waals surface area contributed by atoms with Crippen LogP contribution in [0.1, 0.15) is 23.1 Å². The molecule has 3 rings (SSSR count). The van der Waals surface area contributed by atoms with Gasteiger partial charge < -0.3 is 5.32 Å². The fourth-order valence-electron chi connectivity index (χ4n) is 2.29. The highest BCUT2D eigenvalue weighted by molar-refractivity contribution is 6.30. The molecule has 4 nitrogen and oxygen atoms in total. The Hall–Kier alpha value is -2.33. The maximum atomic E-state index is 12.6. The van der Waals surface area contributed by atoms with Crippen LogP contribution < -0.4 is 5.32 Å². The summed E-state index contributed by atoms with van der Waals surface area (Å²) in [6.45, 7) is 1.98. The van der Waals surface area contributed by atoms with Gasteiger partial charge in [0, 0.05) is 16.9 Å². The number of carbonyl (C=O) groups excluding carboxylic acids is 1. The molecule has 3 aromatic rings. The van der Waals surface area contributed by atoms with Crippen LogP contribution >= 0.6 is 11.6 Å². The Bertz CT molecular complexity index is 810. The van der Waals surface area contributed by atoms with E-state index in [9.17, 15) is 4.79 Å². The standard InChI is InChI=1S/C16H14ClN3O/c1-2-13-15(20-9-4-3-8-14(20)19-13)16(21)18-12-7-5-6-11(17)10-12/h3-10H,2H2,1H3,(H,18,21). The minimum atomic E-state index is -0.187. The zero-order valence-corrected chi connectivity index (χ0v) is 12.3. The van der Waals surface area contributed by atoms with Crippen molar-refractivity contribution < 1.29 is 4.79 Å². The highest BCUT2D eigenvalue weighted by Gasteiger charge is 2.18. The summed E-state index contributed by atoms with van der Waals surface area (Å²) in [7, 11) is 0. The number of fused-ring (bicyclic) bond motifs is 1. The number of carbonyl (C=O) groups is 1. The minimum Gasteiger partial charge on any atom is -0.321 e. The number of halogens is 1. The van der Waals surface area contributed by atoms with Crippen LogP contribution in [-0.2, 0) is 6.42 Å². The molecule has 0 atom stereocenters. The van der Waals surface area contributed by atoms with Gasteiger partial charge in [0.05, 0.1) is 5.69 Å². The first kappa shape index (κ1) is 13.6. The zero-order chi connectivity index (χ0) is 14.8. The van der Waals surface area contributed by atoms with Gasteiger partial charge in [-0.1, -0.05) is 30.7 Å². The summed E-state index contributed by atoms with van der Waals surface area (Å²) in [4.78, 5) is 17.1. The third-order valence-electron chi connectivity index (χ3n) is 3.23. The number of benzene rings is 1. The van der Waals surface area contributed by atoms with Gasteiger partial charge in [0.2, 0.25) is 0 Å². The summed E-state index contributed by atoms with van der Waals surface area (Å²) < 4.78 is 1.80. The Kier molecular flexibility index (Phi) is 3.62. The Morgan fingerprint density at radius 1 is 1.29 bits per heavy atom. The number of pyridine rings is 1. The van der Waals surface area contributed by atoms with Crippen molar-refractivity contribution >= 4 is 28.8 Å². The van der Waals surface area contributed by atoms with Crippen LogP contribution in [0.25, 0.3) is 5.65 Å². The molecule has 0 spiro atoms. The van der Waals surface area contributed by atoms with Crippen LogP contribution in [0.2, 0.25) is 5.02 Å². The Balaban J connectivity index is 2.01. The number of rotatable bonds is 3. The normalized spacial score (nSPS) is 10.8. The summed E-state index contributed by atoms with van der Waals surface area (Å²) in [6, 6.07) is 12.8. The first-order chi connectivity index (χ1) is 10.2. The second kappa shape index (κ2) is 5.58. The molecule has 2 aromatic heterocycles. The van der Waals surface area contributed by atoms with E-state index in [0.29, 0.717) is 22.8 Å². The smallest absolute Gasteiger partial charge is 0.274 e. The van der Waals surface area contributed by atoms with Crippen LogP contribution in [0.15, 0.2) is 48.7 Å². The number of aromatic nitrogens is 2. The number of hydrogen-bond acceptors (Lipinski definition) is 2. The molecule has 0 radical (unpaired) electrons. The van der Waals surface area contributed by atoms with Gasteiger partial charge >= 0.3 is 0 Å². The van der Waals surface area contributed by atoms with E-state index < -0.39 is 0 Å². The first-order valence-electron chi connectivity index (χ1n) is 6.72. The van der Waals surface area contributed by atoms with E-state index in [2.05, 4.69) is 10.3 Å². The van der Waals surface area contributed by atoms with Crippen LogP contribution in [0.4, 0.5) is 5.69 Å². The highest BCUT2D eigenvalue weighted by Crippen LogP contribution is 2.18. The molecule has 1 aromatic carbocycles. The van der Waals surface area contributed by atoms with E-state index in [4.69, 9.17) is 11.6 Å². The molecule has 0 saturated heterocycles. The summed E-state index contributed by atoms with van der Waals surface area (Å²) in [5.41, 5.74) is 2.78. The van der Waals surface area contributed by atoms with E-state index >= 15 is 0 Å². The van der Waals surface area contributed by atoms with Crippen molar-refractivity contribution in [1.82, 2.24) is 9.38 Å². The molecule has 0 saturated carbocycles. The Morgan fingerprint density at radius 2 is 2.14 bits per heavy atom. The van der Waals surface area contributed by atoms with E-state index in [-0.39, 0.29) is 5.91 Å². The number of aryl methyl sites for hydroxylation is 1. The lowest BCUT2D eigenvalue weighted by Crippen LogP contribution is -2.16. The number of imidazole rings is 1. The summed E-state index contributed by atoms with van der Waals surface area (Å²) in [6.07, 6.45) is 2.54. The molecular weight excluding hydrogens is 286 g/mol. The lowest BCUT2D eigenvalue weighted by Gasteiger charge is -2.07. The summed E-state index contributed by atoms with van der Waals surface area (Å²) >= 11 is 5.94. The molecule has 0 aliphatic heterocycles. The number of amides is 1. The van der Waals surface area contributed by atoms with Crippen LogP contribution in [0, 0.1) is 0 Å². The van der Waals surface area contributed by atoms with Crippen molar-refractivity contribution in [1.29, 1.82) is 0 Å². The van der Waals surface area contributed by atoms with E-state index in [1.165, 1.54) is 0 Å². The van der Waals surface area contributed by atoms with Gasteiger partial charge in [0.1, 0.15) is 11.3 Å². The SMILES string of the molecule is CCc1nc2ccccn2c1C(=O)Nc1cccc(Cl)c1. The fraction of sp³-hybridized carbons (Fsp3) is 0.125. The summed E-state index contributed by atoms with van der Waals surface area (Å²) in [5, 5.41) is 3.45. The van der Waals surface area contributed by atoms with Crippen molar-refractivity contribution in [2.45, 2.75) is 13.3 Å². The van der Waals surface area contributed by atoms with Crippen molar-refractivity contribution in [3.8, 4) is 0 Å². The lowest BCUT2D eigenvalue weighted by molar-refractivity contribution is 0.102. The molecule has 5 heteroatoms. The predicted octanol–water partition coefficient (Wildman–Crippen LogP) is 3.80. The minimum absolute atomic E-state index is 0.187. The van der Waals surface area contributed by atoms with E-state index in [0.717, 1.165) is 11.3 Å². The second-order valence-electron chi connectivity index (χ2n) is 4.65. The maximum absolute atomic E-state index is 12.6. The van der Waals surface area contributed by atoms with Gasteiger partial charge in [-0.2, -0.15) is 0 Å². The zero-order valence-electron chi connectivity index (χ0n) is 11.5. The van der Waals surface area contributed by atoms with Crippen molar-refractivity contribution in [2.75, 3.05) is 5.32 Å². The van der Waals surface area contributed by atoms with Crippen LogP contribution in [0.3, 0.4) is 0 Å². The van der Waals surface area contributed by atoms with Gasteiger partial charge in [-0.05, 0) is 36.8 Å². The Morgan fingerprint density at radius 3 is 2.90 bits per heavy atom. The third kappa shape index (κ3) is 2.62. The molecule has 0 aliphatic carbocycles. The van der Waals surface area contributed by atoms with Gasteiger partial charge in [-0.25, -0.2) is 4.98 Å². The topological polar surface area (TPSA) is 46.4 Å². The van der Waals surface area contributed by atoms with E-state index in [1.54, 1.807) is 28.7 Å². The molecule has 1 N–H and O–H groups in total. The van der Waals surface area contributed by atoms with Gasteiger partial charge in [-0.15, -0.1) is 0 Å². The lowest BCUT2D eigenvalue weighted by atomic mass is 10.2. The molecule has 0 fully saturated rings. The molecule has 2 heterocycles. The predicted molar refractivity (Wildman–Crippen MR) is 84.0 cm³/mol. The highest BCUT2D eigenvalue weighted by atomic mass is 35.5. The average molecular weight is 300 g/mol. The second-order valence-corrected chi connectivity index (χ2v) is 5.09. The molecule has 21 heavy (non-hydrogen) atoms. The maximum Gasteiger partial charge on any atom is 0.274 e. The number of nitrogens with zero attached hydrogens (tertiary/aromatic N) is 2. The summed E-state index contributed by atoms with van der Waals surface area (Å²) in [5.74, 6) is -0.187. The van der Waals surface area contributed by atoms with Gasteiger partial charge in [0.25, 0.3) is 5.91 Å². The number of nitrogens with one attached hydrogen (secondary N) is 1. The number of anilines is 1.